The Balaban J connectivity index is 1.88. The number of thiophene rings is 1. The van der Waals surface area contributed by atoms with E-state index in [0.717, 1.165) is 42.6 Å². The molecule has 0 unspecified atom stereocenters. The van der Waals surface area contributed by atoms with Crippen LogP contribution in [0.1, 0.15) is 19.1 Å². The minimum atomic E-state index is 0.138. The zero-order valence-corrected chi connectivity index (χ0v) is 16.8. The number of nitrogens with zero attached hydrogens (tertiary/aromatic N) is 1. The second-order valence-corrected chi connectivity index (χ2v) is 8.39. The number of pyridine rings is 1. The van der Waals surface area contributed by atoms with Gasteiger partial charge < -0.3 is 9.21 Å². The van der Waals surface area contributed by atoms with Crippen LogP contribution >= 0.6 is 34.5 Å². The third-order valence-corrected chi connectivity index (χ3v) is 5.82. The van der Waals surface area contributed by atoms with Crippen molar-refractivity contribution in [2.45, 2.75) is 19.8 Å². The number of aromatic nitrogens is 1. The molecule has 3 nitrogen and oxygen atoms in total. The van der Waals surface area contributed by atoms with Gasteiger partial charge in [0.25, 0.3) is 0 Å². The molecule has 0 N–H and O–H groups in total. The highest BCUT2D eigenvalue weighted by Gasteiger charge is 2.18. The van der Waals surface area contributed by atoms with Gasteiger partial charge in [-0.15, -0.1) is 11.3 Å². The molecule has 27 heavy (non-hydrogen) atoms. The summed E-state index contributed by atoms with van der Waals surface area (Å²) in [5.41, 5.74) is 3.79. The van der Waals surface area contributed by atoms with Crippen molar-refractivity contribution >= 4 is 51.3 Å². The molecule has 0 aliphatic carbocycles. The zero-order valence-electron chi connectivity index (χ0n) is 14.5. The van der Waals surface area contributed by atoms with E-state index in [1.165, 1.54) is 11.3 Å². The van der Waals surface area contributed by atoms with Gasteiger partial charge in [0, 0.05) is 40.4 Å². The molecule has 0 bridgehead atoms. The first-order chi connectivity index (χ1) is 13.0. The Morgan fingerprint density at radius 1 is 1.11 bits per heavy atom. The average molecular weight is 416 g/mol. The summed E-state index contributed by atoms with van der Waals surface area (Å²) in [4.78, 5) is 16.7. The Hall–Kier alpha value is -2.14. The number of rotatable bonds is 5. The number of fused-ring (bicyclic) bond motifs is 1. The van der Waals surface area contributed by atoms with Crippen molar-refractivity contribution in [3.8, 4) is 21.6 Å². The Bertz CT molecular complexity index is 1130. The number of halogens is 2. The summed E-state index contributed by atoms with van der Waals surface area (Å²) < 4.78 is 6.82. The van der Waals surface area contributed by atoms with E-state index < -0.39 is 0 Å². The molecule has 4 aromatic rings. The molecule has 0 aliphatic rings. The van der Waals surface area contributed by atoms with Crippen molar-refractivity contribution in [3.63, 3.8) is 0 Å². The van der Waals surface area contributed by atoms with Gasteiger partial charge in [-0.05, 0) is 48.9 Å². The molecule has 136 valence electrons. The first-order valence-corrected chi connectivity index (χ1v) is 10.0. The molecule has 0 saturated heterocycles. The molecule has 0 spiro atoms. The van der Waals surface area contributed by atoms with Crippen LogP contribution < -0.4 is 0 Å². The van der Waals surface area contributed by atoms with Gasteiger partial charge in [0.1, 0.15) is 22.3 Å². The molecule has 3 aromatic heterocycles. The first kappa shape index (κ1) is 18.2. The van der Waals surface area contributed by atoms with Crippen LogP contribution in [0.3, 0.4) is 0 Å². The topological polar surface area (TPSA) is 43.1 Å². The van der Waals surface area contributed by atoms with Crippen LogP contribution in [0.2, 0.25) is 9.49 Å². The largest absolute Gasteiger partial charge is 0.460 e. The predicted molar refractivity (Wildman–Crippen MR) is 112 cm³/mol. The lowest BCUT2D eigenvalue weighted by molar-refractivity contribution is -0.117. The Morgan fingerprint density at radius 3 is 2.59 bits per heavy atom. The van der Waals surface area contributed by atoms with Crippen molar-refractivity contribution in [1.29, 1.82) is 0 Å². The third-order valence-electron chi connectivity index (χ3n) is 4.35. The molecule has 0 atom stereocenters. The van der Waals surface area contributed by atoms with Crippen LogP contribution in [-0.2, 0) is 11.2 Å². The summed E-state index contributed by atoms with van der Waals surface area (Å²) in [7, 11) is 0. The molecule has 0 amide bonds. The second kappa shape index (κ2) is 7.47. The summed E-state index contributed by atoms with van der Waals surface area (Å²) >= 11 is 13.6. The lowest BCUT2D eigenvalue weighted by Crippen LogP contribution is -1.93. The van der Waals surface area contributed by atoms with Crippen molar-refractivity contribution in [1.82, 2.24) is 4.98 Å². The zero-order chi connectivity index (χ0) is 19.0. The summed E-state index contributed by atoms with van der Waals surface area (Å²) in [6.07, 6.45) is 2.76. The van der Waals surface area contributed by atoms with E-state index in [-0.39, 0.29) is 5.78 Å². The summed E-state index contributed by atoms with van der Waals surface area (Å²) in [5, 5.41) is 1.46. The average Bonchev–Trinajstić information content (AvgIpc) is 3.22. The Morgan fingerprint density at radius 2 is 1.93 bits per heavy atom. The lowest BCUT2D eigenvalue weighted by atomic mass is 10.0. The number of Topliss-reactive ketones (excluding diaryl/α,β-unsaturated/α-hetero) is 1. The first-order valence-electron chi connectivity index (χ1n) is 8.44. The number of carbonyl (C=O) groups is 1. The minimum Gasteiger partial charge on any atom is -0.460 e. The monoisotopic (exact) mass is 415 g/mol. The van der Waals surface area contributed by atoms with Gasteiger partial charge >= 0.3 is 0 Å². The quantitative estimate of drug-likeness (QED) is 0.327. The van der Waals surface area contributed by atoms with E-state index in [2.05, 4.69) is 11.1 Å². The van der Waals surface area contributed by atoms with Crippen molar-refractivity contribution in [3.05, 3.63) is 63.9 Å². The molecule has 4 rings (SSSR count). The normalized spacial score (nSPS) is 11.2. The van der Waals surface area contributed by atoms with Crippen LogP contribution in [0.4, 0.5) is 0 Å². The SMILES string of the molecule is CC(=O)CCc1oc2ccc(-c3ccc(Cl)nc3)cc2c1-c1ccc(Cl)s1. The molecule has 3 heterocycles. The number of hydrogen-bond donors (Lipinski definition) is 0. The van der Waals surface area contributed by atoms with Crippen molar-refractivity contribution in [2.75, 3.05) is 0 Å². The van der Waals surface area contributed by atoms with E-state index in [9.17, 15) is 4.79 Å². The number of aryl methyl sites for hydroxylation is 1. The smallest absolute Gasteiger partial charge is 0.135 e. The highest BCUT2D eigenvalue weighted by Crippen LogP contribution is 2.41. The van der Waals surface area contributed by atoms with Crippen LogP contribution in [-0.4, -0.2) is 10.8 Å². The fraction of sp³-hybridized carbons (Fsp3) is 0.143. The van der Waals surface area contributed by atoms with Gasteiger partial charge in [-0.25, -0.2) is 4.98 Å². The summed E-state index contributed by atoms with van der Waals surface area (Å²) in [5.74, 6) is 0.948. The van der Waals surface area contributed by atoms with E-state index >= 15 is 0 Å². The lowest BCUT2D eigenvalue weighted by Gasteiger charge is -2.03. The standard InChI is InChI=1S/C21H15Cl2NO2S/c1-12(25)2-5-17-21(18-7-9-20(23)27-18)15-10-13(3-6-16(15)26-17)14-4-8-19(22)24-11-14/h3-4,6-11H,2,5H2,1H3. The highest BCUT2D eigenvalue weighted by molar-refractivity contribution is 7.19. The number of furan rings is 1. The molecule has 1 aromatic carbocycles. The van der Waals surface area contributed by atoms with E-state index in [1.54, 1.807) is 19.2 Å². The summed E-state index contributed by atoms with van der Waals surface area (Å²) in [6.45, 7) is 1.59. The van der Waals surface area contributed by atoms with E-state index in [1.807, 2.05) is 30.3 Å². The van der Waals surface area contributed by atoms with E-state index in [0.29, 0.717) is 18.0 Å². The third kappa shape index (κ3) is 3.79. The molecule has 0 saturated carbocycles. The second-order valence-electron chi connectivity index (χ2n) is 6.29. The van der Waals surface area contributed by atoms with Gasteiger partial charge in [-0.3, -0.25) is 0 Å². The molecule has 6 heteroatoms. The fourth-order valence-corrected chi connectivity index (χ4v) is 4.29. The maximum Gasteiger partial charge on any atom is 0.135 e. The van der Waals surface area contributed by atoms with Crippen LogP contribution in [0.25, 0.3) is 32.5 Å². The molecular formula is C21H15Cl2NO2S. The minimum absolute atomic E-state index is 0.138. The van der Waals surface area contributed by atoms with Gasteiger partial charge in [0.15, 0.2) is 0 Å². The number of hydrogen-bond acceptors (Lipinski definition) is 4. The van der Waals surface area contributed by atoms with Gasteiger partial charge in [0.2, 0.25) is 0 Å². The fourth-order valence-electron chi connectivity index (χ4n) is 3.06. The predicted octanol–water partition coefficient (Wildman–Crippen LogP) is 7.05. The van der Waals surface area contributed by atoms with Gasteiger partial charge in [0.05, 0.1) is 4.34 Å². The molecular weight excluding hydrogens is 401 g/mol. The maximum absolute atomic E-state index is 11.5. The van der Waals surface area contributed by atoms with Crippen LogP contribution in [0.15, 0.2) is 53.1 Å². The molecule has 0 aliphatic heterocycles. The number of ketones is 1. The van der Waals surface area contributed by atoms with E-state index in [4.69, 9.17) is 27.6 Å². The maximum atomic E-state index is 11.5. The Labute approximate surface area is 170 Å². The Kier molecular flexibility index (Phi) is 5.04. The number of carbonyl (C=O) groups excluding carboxylic acids is 1. The van der Waals surface area contributed by atoms with Crippen LogP contribution in [0.5, 0.6) is 0 Å². The number of benzene rings is 1. The van der Waals surface area contributed by atoms with Gasteiger partial charge in [-0.1, -0.05) is 29.3 Å². The highest BCUT2D eigenvalue weighted by atomic mass is 35.5. The van der Waals surface area contributed by atoms with Crippen molar-refractivity contribution in [2.24, 2.45) is 0 Å². The van der Waals surface area contributed by atoms with Gasteiger partial charge in [-0.2, -0.15) is 0 Å². The van der Waals surface area contributed by atoms with Crippen LogP contribution in [0, 0.1) is 0 Å². The molecule has 0 fully saturated rings. The molecule has 0 radical (unpaired) electrons. The van der Waals surface area contributed by atoms with Crippen molar-refractivity contribution < 1.29 is 9.21 Å². The summed E-state index contributed by atoms with van der Waals surface area (Å²) in [6, 6.07) is 13.6.